The molecule has 1 aromatic heterocycles. The Hall–Kier alpha value is -2.97. The van der Waals surface area contributed by atoms with Gasteiger partial charge < -0.3 is 4.74 Å². The predicted molar refractivity (Wildman–Crippen MR) is 84.8 cm³/mol. The lowest BCUT2D eigenvalue weighted by atomic mass is 10.2. The molecule has 0 N–H and O–H groups in total. The molecule has 1 aromatic carbocycles. The van der Waals surface area contributed by atoms with Gasteiger partial charge in [0.25, 0.3) is 5.56 Å². The van der Waals surface area contributed by atoms with Crippen LogP contribution in [0.1, 0.15) is 12.5 Å². The number of benzene rings is 1. The highest BCUT2D eigenvalue weighted by molar-refractivity contribution is 7.07. The number of rotatable bonds is 4. The minimum absolute atomic E-state index is 0.0181. The van der Waals surface area contributed by atoms with E-state index in [1.807, 2.05) is 0 Å². The van der Waals surface area contributed by atoms with Gasteiger partial charge in [-0.1, -0.05) is 12.1 Å². The monoisotopic (exact) mass is 347 g/mol. The Morgan fingerprint density at radius 2 is 1.96 bits per heavy atom. The van der Waals surface area contributed by atoms with Gasteiger partial charge in [-0.05, 0) is 30.7 Å². The van der Waals surface area contributed by atoms with Gasteiger partial charge in [0.2, 0.25) is 0 Å². The van der Waals surface area contributed by atoms with Crippen molar-refractivity contribution in [3.8, 4) is 17.9 Å². The van der Waals surface area contributed by atoms with E-state index in [1.54, 1.807) is 25.1 Å². The van der Waals surface area contributed by atoms with E-state index in [9.17, 15) is 13.6 Å². The SMILES string of the molecule is CCn1c(=C(C#N)C#N)s/c(=C/c2ccc(OC(F)F)cc2)c1=O. The van der Waals surface area contributed by atoms with Crippen molar-refractivity contribution in [3.05, 3.63) is 49.4 Å². The van der Waals surface area contributed by atoms with E-state index in [1.165, 1.54) is 28.8 Å². The average Bonchev–Trinajstić information content (AvgIpc) is 2.86. The molecular formula is C16H11F2N3O2S. The molecule has 24 heavy (non-hydrogen) atoms. The third kappa shape index (κ3) is 3.67. The number of hydrogen-bond donors (Lipinski definition) is 0. The standard InChI is InChI=1S/C16H11F2N3O2S/c1-2-21-14(22)13(24-15(21)11(8-19)9-20)7-10-3-5-12(6-4-10)23-16(17)18/h3-7,16H,2H2,1H3/b13-7+. The van der Waals surface area contributed by atoms with Gasteiger partial charge in [-0.25, -0.2) is 0 Å². The van der Waals surface area contributed by atoms with Gasteiger partial charge in [-0.2, -0.15) is 19.3 Å². The maximum atomic E-state index is 12.4. The average molecular weight is 347 g/mol. The van der Waals surface area contributed by atoms with Crippen molar-refractivity contribution in [1.29, 1.82) is 10.5 Å². The fourth-order valence-electron chi connectivity index (χ4n) is 2.01. The third-order valence-corrected chi connectivity index (χ3v) is 4.19. The van der Waals surface area contributed by atoms with E-state index >= 15 is 0 Å². The van der Waals surface area contributed by atoms with Crippen LogP contribution in [0.4, 0.5) is 8.78 Å². The molecule has 0 saturated carbocycles. The number of ether oxygens (including phenoxy) is 1. The Morgan fingerprint density at radius 1 is 1.33 bits per heavy atom. The number of thiazole rings is 1. The fourth-order valence-corrected chi connectivity index (χ4v) is 3.13. The Bertz CT molecular complexity index is 976. The van der Waals surface area contributed by atoms with Gasteiger partial charge >= 0.3 is 6.61 Å². The summed E-state index contributed by atoms with van der Waals surface area (Å²) >= 11 is 1.04. The minimum atomic E-state index is -2.90. The zero-order valence-electron chi connectivity index (χ0n) is 12.5. The van der Waals surface area contributed by atoms with Crippen LogP contribution in [0.2, 0.25) is 0 Å². The second-order valence-corrected chi connectivity index (χ2v) is 5.54. The predicted octanol–water partition coefficient (Wildman–Crippen LogP) is 1.56. The first-order valence-corrected chi connectivity index (χ1v) is 7.62. The second-order valence-electron chi connectivity index (χ2n) is 4.51. The van der Waals surface area contributed by atoms with Crippen molar-refractivity contribution < 1.29 is 13.5 Å². The van der Waals surface area contributed by atoms with E-state index < -0.39 is 6.61 Å². The molecule has 0 aliphatic heterocycles. The van der Waals surface area contributed by atoms with Gasteiger partial charge in [0.05, 0.1) is 4.53 Å². The molecule has 0 spiro atoms. The molecule has 2 aromatic rings. The largest absolute Gasteiger partial charge is 0.435 e. The molecular weight excluding hydrogens is 336 g/mol. The second kappa shape index (κ2) is 7.53. The Labute approximate surface area is 139 Å². The number of hydrogen-bond acceptors (Lipinski definition) is 5. The Balaban J connectivity index is 2.56. The highest BCUT2D eigenvalue weighted by atomic mass is 32.1. The molecule has 0 aliphatic carbocycles. The molecule has 0 saturated heterocycles. The lowest BCUT2D eigenvalue weighted by molar-refractivity contribution is -0.0498. The molecule has 0 aliphatic rings. The molecule has 2 rings (SSSR count). The van der Waals surface area contributed by atoms with Crippen LogP contribution in [0.25, 0.3) is 11.6 Å². The molecule has 5 nitrogen and oxygen atoms in total. The highest BCUT2D eigenvalue weighted by Gasteiger charge is 2.08. The molecule has 0 bridgehead atoms. The van der Waals surface area contributed by atoms with Crippen LogP contribution in [-0.2, 0) is 6.54 Å². The third-order valence-electron chi connectivity index (χ3n) is 3.06. The zero-order valence-corrected chi connectivity index (χ0v) is 13.3. The van der Waals surface area contributed by atoms with Crippen LogP contribution in [0.15, 0.2) is 29.1 Å². The summed E-state index contributed by atoms with van der Waals surface area (Å²) in [7, 11) is 0. The number of halogens is 2. The number of alkyl halides is 2. The summed E-state index contributed by atoms with van der Waals surface area (Å²) in [5.41, 5.74) is 0.174. The molecule has 1 heterocycles. The first-order valence-electron chi connectivity index (χ1n) is 6.81. The van der Waals surface area contributed by atoms with Crippen molar-refractivity contribution in [2.75, 3.05) is 0 Å². The van der Waals surface area contributed by atoms with E-state index in [4.69, 9.17) is 10.5 Å². The van der Waals surface area contributed by atoms with E-state index in [0.717, 1.165) is 11.3 Å². The smallest absolute Gasteiger partial charge is 0.387 e. The summed E-state index contributed by atoms with van der Waals surface area (Å²) in [5.74, 6) is 0.0181. The van der Waals surface area contributed by atoms with Gasteiger partial charge in [0, 0.05) is 6.54 Å². The summed E-state index contributed by atoms with van der Waals surface area (Å²) in [6.45, 7) is -0.834. The summed E-state index contributed by atoms with van der Waals surface area (Å²) in [6.07, 6.45) is 1.57. The van der Waals surface area contributed by atoms with Crippen LogP contribution in [0, 0.1) is 22.7 Å². The maximum Gasteiger partial charge on any atom is 0.387 e. The molecule has 8 heteroatoms. The zero-order chi connectivity index (χ0) is 17.7. The number of nitriles is 2. The van der Waals surface area contributed by atoms with Gasteiger partial charge in [-0.3, -0.25) is 9.36 Å². The minimum Gasteiger partial charge on any atom is -0.435 e. The molecule has 0 amide bonds. The normalized spacial score (nSPS) is 11.2. The van der Waals surface area contributed by atoms with Gasteiger partial charge in [0.1, 0.15) is 22.6 Å². The fraction of sp³-hybridized carbons (Fsp3) is 0.188. The van der Waals surface area contributed by atoms with Crippen LogP contribution in [0.3, 0.4) is 0 Å². The molecule has 0 unspecified atom stereocenters. The lowest BCUT2D eigenvalue weighted by Gasteiger charge is -2.03. The van der Waals surface area contributed by atoms with E-state index in [2.05, 4.69) is 4.74 Å². The molecule has 0 fully saturated rings. The van der Waals surface area contributed by atoms with Gasteiger partial charge in [0.15, 0.2) is 5.57 Å². The van der Waals surface area contributed by atoms with Crippen molar-refractivity contribution >= 4 is 23.0 Å². The first kappa shape index (κ1) is 17.4. The molecule has 0 atom stereocenters. The molecule has 0 radical (unpaired) electrons. The van der Waals surface area contributed by atoms with Crippen LogP contribution < -0.4 is 19.5 Å². The van der Waals surface area contributed by atoms with Crippen molar-refractivity contribution in [2.24, 2.45) is 0 Å². The van der Waals surface area contributed by atoms with Crippen LogP contribution >= 0.6 is 11.3 Å². The quantitative estimate of drug-likeness (QED) is 0.841. The maximum absolute atomic E-state index is 12.4. The number of aromatic nitrogens is 1. The number of nitrogens with zero attached hydrogens (tertiary/aromatic N) is 3. The summed E-state index contributed by atoms with van der Waals surface area (Å²) in [6, 6.07) is 9.36. The van der Waals surface area contributed by atoms with Crippen LogP contribution in [0.5, 0.6) is 5.75 Å². The topological polar surface area (TPSA) is 78.8 Å². The molecule has 122 valence electrons. The van der Waals surface area contributed by atoms with E-state index in [0.29, 0.717) is 21.3 Å². The Morgan fingerprint density at radius 3 is 2.46 bits per heavy atom. The highest BCUT2D eigenvalue weighted by Crippen LogP contribution is 2.15. The van der Waals surface area contributed by atoms with Crippen LogP contribution in [-0.4, -0.2) is 11.2 Å². The summed E-state index contributed by atoms with van der Waals surface area (Å²) < 4.78 is 30.5. The van der Waals surface area contributed by atoms with Crippen molar-refractivity contribution in [3.63, 3.8) is 0 Å². The Kier molecular flexibility index (Phi) is 5.46. The van der Waals surface area contributed by atoms with E-state index in [-0.39, 0.29) is 16.9 Å². The van der Waals surface area contributed by atoms with Gasteiger partial charge in [-0.15, -0.1) is 11.3 Å². The summed E-state index contributed by atoms with van der Waals surface area (Å²) in [4.78, 5) is 12.4. The van der Waals surface area contributed by atoms with Crippen molar-refractivity contribution in [1.82, 2.24) is 4.57 Å². The first-order chi connectivity index (χ1) is 11.5. The summed E-state index contributed by atoms with van der Waals surface area (Å²) in [5, 5.41) is 18.0. The lowest BCUT2D eigenvalue weighted by Crippen LogP contribution is -2.31. The van der Waals surface area contributed by atoms with Crippen molar-refractivity contribution in [2.45, 2.75) is 20.1 Å².